The number of nitrogens with zero attached hydrogens (tertiary/aromatic N) is 20. The molecule has 33 heteroatoms. The number of imidazole rings is 1. The van der Waals surface area contributed by atoms with E-state index < -0.39 is 0 Å². The standard InChI is InChI=1S/C8H6O.C8H6S.C5H5N.4C4H4N2.C4H5N.C4H4O.C4H4S.2C3H4N2.2C3H3NO.2C3H3NS.C2H3N3.CH2N4/c2*1-2-4-8-7(3-1)5-6-9-8;1-2-4-6-5-3-1;1-2-6-4-3-5-1;2*1-2-5-4-6-3-1;1-2-4-6-5-3-1;3*1-2-4-5-3-1;1-2-5-3-4-1;1-2-4-5-3-1;1-2-5-3-4-1;1-2-4-5-3-1;1-2-5-3-4-1;3*1-2-4-5-3-1/h2*1-6H;1-5H;4*1-4H;1-5H;2*1-4H;2*1-3H,(H,4,5);4*1-3H;1-2H,(H,3,4,5);1H,(H,2,3,4,5). The summed E-state index contributed by atoms with van der Waals surface area (Å²) in [7, 11) is 0. The van der Waals surface area contributed by atoms with E-state index in [2.05, 4.69) is 175 Å². The van der Waals surface area contributed by atoms with Crippen LogP contribution in [-0.2, 0) is 0 Å². The van der Waals surface area contributed by atoms with Gasteiger partial charge in [-0.15, -0.1) is 32.9 Å². The summed E-state index contributed by atoms with van der Waals surface area (Å²) < 4.78 is 23.6. The maximum absolute atomic E-state index is 5.12. The number of aromatic amines is 5. The molecule has 18 heterocycles. The largest absolute Gasteiger partial charge is 0.473 e. The summed E-state index contributed by atoms with van der Waals surface area (Å²) in [6.45, 7) is 0. The molecule has 0 bridgehead atoms. The van der Waals surface area contributed by atoms with Gasteiger partial charge in [-0.1, -0.05) is 65.0 Å². The summed E-state index contributed by atoms with van der Waals surface area (Å²) >= 11 is 6.57. The summed E-state index contributed by atoms with van der Waals surface area (Å²) in [4.78, 5) is 42.5. The summed E-state index contributed by atoms with van der Waals surface area (Å²) in [5, 5.41) is 50.7. The Hall–Kier alpha value is -14.0. The summed E-state index contributed by atoms with van der Waals surface area (Å²) in [5.74, 6) is 0. The highest BCUT2D eigenvalue weighted by atomic mass is 32.1. The predicted octanol–water partition coefficient (Wildman–Crippen LogP) is 15.8. The van der Waals surface area contributed by atoms with Crippen LogP contribution < -0.4 is 0 Å². The molecule has 5 N–H and O–H groups in total. The van der Waals surface area contributed by atoms with Crippen LogP contribution in [0, 0.1) is 0 Å². The molecular formula is C70H71N25O4S4. The van der Waals surface area contributed by atoms with Gasteiger partial charge in [0, 0.05) is 145 Å². The van der Waals surface area contributed by atoms with Crippen molar-refractivity contribution in [3.8, 4) is 0 Å². The average molecular weight is 1450 g/mol. The summed E-state index contributed by atoms with van der Waals surface area (Å²) in [5.41, 5.74) is 2.75. The third-order valence-electron chi connectivity index (χ3n) is 9.35. The number of thiazole rings is 1. The fourth-order valence-electron chi connectivity index (χ4n) is 5.30. The number of hydrogen-bond donors (Lipinski definition) is 5. The van der Waals surface area contributed by atoms with Gasteiger partial charge < -0.3 is 27.7 Å². The molecule has 0 saturated carbocycles. The van der Waals surface area contributed by atoms with E-state index in [0.717, 1.165) is 11.0 Å². The van der Waals surface area contributed by atoms with E-state index >= 15 is 0 Å². The van der Waals surface area contributed by atoms with Crippen LogP contribution in [0.25, 0.3) is 21.1 Å². The zero-order valence-electron chi connectivity index (χ0n) is 54.8. The Morgan fingerprint density at radius 2 is 1.02 bits per heavy atom. The minimum atomic E-state index is 0.956. The van der Waals surface area contributed by atoms with Gasteiger partial charge in [0.05, 0.1) is 55.4 Å². The van der Waals surface area contributed by atoms with E-state index in [-0.39, 0.29) is 0 Å². The lowest BCUT2D eigenvalue weighted by Gasteiger charge is -1.82. The van der Waals surface area contributed by atoms with Gasteiger partial charge in [-0.2, -0.15) is 47.3 Å². The number of fused-ring (bicyclic) bond motifs is 2. The van der Waals surface area contributed by atoms with Gasteiger partial charge in [0.2, 0.25) is 0 Å². The first-order valence-electron chi connectivity index (χ1n) is 29.6. The van der Waals surface area contributed by atoms with Crippen molar-refractivity contribution in [1.82, 2.24) is 126 Å². The topological polar surface area (TPSA) is 389 Å². The van der Waals surface area contributed by atoms with Crippen LogP contribution in [0.2, 0.25) is 0 Å². The fourth-order valence-corrected chi connectivity index (χ4v) is 7.25. The van der Waals surface area contributed by atoms with Gasteiger partial charge in [-0.3, -0.25) is 25.0 Å². The second kappa shape index (κ2) is 70.8. The minimum absolute atomic E-state index is 0.956. The maximum atomic E-state index is 5.12. The third-order valence-corrected chi connectivity index (χ3v) is 11.9. The molecule has 524 valence electrons. The monoisotopic (exact) mass is 1450 g/mol. The molecule has 0 saturated heterocycles. The molecule has 0 aliphatic carbocycles. The Kier molecular flexibility index (Phi) is 57.2. The normalized spacial score (nSPS) is 8.39. The molecule has 0 unspecified atom stereocenters. The molecule has 18 aromatic heterocycles. The molecule has 0 spiro atoms. The second-order valence-corrected chi connectivity index (χ2v) is 19.7. The van der Waals surface area contributed by atoms with E-state index in [1.165, 1.54) is 59.5 Å². The highest BCUT2D eigenvalue weighted by Crippen LogP contribution is 2.19. The van der Waals surface area contributed by atoms with E-state index in [9.17, 15) is 0 Å². The number of H-pyrrole nitrogens is 5. The molecule has 103 heavy (non-hydrogen) atoms. The highest BCUT2D eigenvalue weighted by Gasteiger charge is 1.90. The lowest BCUT2D eigenvalue weighted by molar-refractivity contribution is 0.420. The van der Waals surface area contributed by atoms with Crippen molar-refractivity contribution in [2.45, 2.75) is 0 Å². The molecule has 0 radical (unpaired) electrons. The first-order chi connectivity index (χ1) is 51.4. The molecule has 0 fully saturated rings. The van der Waals surface area contributed by atoms with E-state index in [1.54, 1.807) is 219 Å². The SMILES string of the molecule is c1c[nH]cn1.c1cc[nH]c1.c1ccc2occc2c1.c1ccc2sccc2c1.c1ccncc1.c1ccnnc1.c1ccoc1.c1ccsc1.c1cn[nH]c1.c1cn[nH]n1.c1cnccn1.c1cncnc1.c1cncnc1.c1cnoc1.c1cnsc1.c1cocn1.c1cscn1.c1nn[nH]n1. The Morgan fingerprint density at radius 3 is 1.31 bits per heavy atom. The lowest BCUT2D eigenvalue weighted by atomic mass is 10.3. The summed E-state index contributed by atoms with van der Waals surface area (Å²) in [6, 6.07) is 50.4. The van der Waals surface area contributed by atoms with Crippen LogP contribution in [0.1, 0.15) is 0 Å². The number of para-hydroxylation sites is 1. The maximum Gasteiger partial charge on any atom is 0.180 e. The van der Waals surface area contributed by atoms with Crippen LogP contribution in [0.4, 0.5) is 0 Å². The minimum Gasteiger partial charge on any atom is -0.473 e. The Bertz CT molecular complexity index is 3270. The van der Waals surface area contributed by atoms with Crippen molar-refractivity contribution in [2.75, 3.05) is 0 Å². The number of hydrogen-bond acceptors (Lipinski definition) is 28. The van der Waals surface area contributed by atoms with Gasteiger partial charge in [-0.05, 0) is 136 Å². The van der Waals surface area contributed by atoms with Crippen molar-refractivity contribution in [1.29, 1.82) is 0 Å². The summed E-state index contributed by atoms with van der Waals surface area (Å²) in [6.07, 6.45) is 55.9. The predicted molar refractivity (Wildman–Crippen MR) is 399 cm³/mol. The van der Waals surface area contributed by atoms with Crippen LogP contribution in [0.3, 0.4) is 0 Å². The number of tetrazole rings is 1. The number of aromatic nitrogens is 25. The van der Waals surface area contributed by atoms with Crippen molar-refractivity contribution in [3.05, 3.63) is 402 Å². The lowest BCUT2D eigenvalue weighted by Crippen LogP contribution is -1.69. The number of furan rings is 2. The van der Waals surface area contributed by atoms with Crippen molar-refractivity contribution in [2.24, 2.45) is 0 Å². The molecule has 0 atom stereocenters. The molecule has 29 nitrogen and oxygen atoms in total. The van der Waals surface area contributed by atoms with Gasteiger partial charge in [-0.25, -0.2) is 34.3 Å². The fraction of sp³-hybridized carbons (Fsp3) is 0. The molecule has 0 amide bonds. The first kappa shape index (κ1) is 83.2. The van der Waals surface area contributed by atoms with Gasteiger partial charge in [0.15, 0.2) is 12.7 Å². The number of benzene rings is 2. The van der Waals surface area contributed by atoms with Crippen LogP contribution in [-0.4, -0.2) is 126 Å². The molecule has 2 aromatic carbocycles. The van der Waals surface area contributed by atoms with Crippen LogP contribution in [0.15, 0.2) is 420 Å². The second-order valence-electron chi connectivity index (χ2n) is 16.5. The smallest absolute Gasteiger partial charge is 0.180 e. The third kappa shape index (κ3) is 59.0. The number of thiophene rings is 2. The van der Waals surface area contributed by atoms with Crippen molar-refractivity contribution < 1.29 is 17.8 Å². The van der Waals surface area contributed by atoms with Crippen LogP contribution >= 0.6 is 45.5 Å². The van der Waals surface area contributed by atoms with Gasteiger partial charge in [0.1, 0.15) is 30.8 Å². The van der Waals surface area contributed by atoms with Crippen LogP contribution in [0.5, 0.6) is 0 Å². The van der Waals surface area contributed by atoms with E-state index in [0.29, 0.717) is 0 Å². The van der Waals surface area contributed by atoms with E-state index in [1.807, 2.05) is 143 Å². The number of pyridine rings is 1. The Balaban J connectivity index is 0.000000284. The molecule has 20 rings (SSSR count). The first-order valence-corrected chi connectivity index (χ1v) is 33.2. The Morgan fingerprint density at radius 1 is 0.330 bits per heavy atom. The molecule has 0 aliphatic heterocycles. The average Bonchev–Trinajstić information content (AvgIpc) is 2.01. The van der Waals surface area contributed by atoms with Crippen molar-refractivity contribution >= 4 is 66.6 Å². The quantitative estimate of drug-likeness (QED) is 0.0941. The zero-order valence-corrected chi connectivity index (χ0v) is 58.1. The number of rotatable bonds is 0. The zero-order chi connectivity index (χ0) is 72.3. The molecular weight excluding hydrogens is 1380 g/mol. The van der Waals surface area contributed by atoms with E-state index in [4.69, 9.17) is 4.42 Å². The highest BCUT2D eigenvalue weighted by molar-refractivity contribution is 7.17. The van der Waals surface area contributed by atoms with Gasteiger partial charge in [0.25, 0.3) is 0 Å². The number of oxazole rings is 1. The van der Waals surface area contributed by atoms with Gasteiger partial charge >= 0.3 is 0 Å². The number of nitrogens with one attached hydrogen (secondary N) is 5. The van der Waals surface area contributed by atoms with Crippen molar-refractivity contribution in [3.63, 3.8) is 0 Å². The Labute approximate surface area is 608 Å². The molecule has 20 aromatic rings. The molecule has 0 aliphatic rings.